The van der Waals surface area contributed by atoms with Crippen LogP contribution in [-0.4, -0.2) is 32.2 Å². The summed E-state index contributed by atoms with van der Waals surface area (Å²) in [4.78, 5) is 4.08. The summed E-state index contributed by atoms with van der Waals surface area (Å²) < 4.78 is 0. The quantitative estimate of drug-likeness (QED) is 0.675. The second-order valence-corrected chi connectivity index (χ2v) is 5.15. The maximum Gasteiger partial charge on any atom is 0.142 e. The molecule has 0 spiro atoms. The van der Waals surface area contributed by atoms with Crippen molar-refractivity contribution in [3.8, 4) is 5.75 Å². The first-order valence-corrected chi connectivity index (χ1v) is 6.74. The zero-order valence-corrected chi connectivity index (χ0v) is 11.0. The summed E-state index contributed by atoms with van der Waals surface area (Å²) in [6.07, 6.45) is 2.14. The lowest BCUT2D eigenvalue weighted by Crippen LogP contribution is -2.02. The summed E-state index contributed by atoms with van der Waals surface area (Å²) in [5.74, 6) is 1.61. The fourth-order valence-corrected chi connectivity index (χ4v) is 2.54. The molecule has 3 N–H and O–H groups in total. The first-order chi connectivity index (χ1) is 8.06. The molecule has 1 heterocycles. The van der Waals surface area contributed by atoms with E-state index in [-0.39, 0.29) is 18.5 Å². The van der Waals surface area contributed by atoms with Gasteiger partial charge in [-0.1, -0.05) is 0 Å². The summed E-state index contributed by atoms with van der Waals surface area (Å²) in [5.41, 5.74) is 1.94. The molecule has 0 fully saturated rings. The Balaban J connectivity index is 2.62. The minimum atomic E-state index is -0.288. The van der Waals surface area contributed by atoms with Gasteiger partial charge in [0.25, 0.3) is 0 Å². The van der Waals surface area contributed by atoms with Crippen molar-refractivity contribution in [2.45, 2.75) is 38.7 Å². The first kappa shape index (κ1) is 14.3. The van der Waals surface area contributed by atoms with Crippen LogP contribution in [0.1, 0.15) is 30.2 Å². The molecule has 0 radical (unpaired) electrons. The predicted octanol–water partition coefficient (Wildman–Crippen LogP) is 1.59. The van der Waals surface area contributed by atoms with Crippen LogP contribution in [0.2, 0.25) is 0 Å². The highest BCUT2D eigenvalue weighted by Crippen LogP contribution is 2.26. The zero-order chi connectivity index (χ0) is 12.8. The molecule has 5 heteroatoms. The molecule has 0 saturated heterocycles. The number of rotatable bonds is 6. The highest BCUT2D eigenvalue weighted by molar-refractivity contribution is 7.98. The number of hydrogen-bond acceptors (Lipinski definition) is 5. The van der Waals surface area contributed by atoms with E-state index in [0.717, 1.165) is 17.7 Å². The molecule has 1 unspecified atom stereocenters. The van der Waals surface area contributed by atoms with Crippen LogP contribution in [0.25, 0.3) is 0 Å². The van der Waals surface area contributed by atoms with Gasteiger partial charge >= 0.3 is 0 Å². The number of aliphatic hydroxyl groups excluding tert-OH is 2. The van der Waals surface area contributed by atoms with Crippen LogP contribution in [0, 0.1) is 6.92 Å². The third kappa shape index (κ3) is 4.18. The van der Waals surface area contributed by atoms with E-state index in [0.29, 0.717) is 17.0 Å². The van der Waals surface area contributed by atoms with Crippen LogP contribution < -0.4 is 0 Å². The van der Waals surface area contributed by atoms with Crippen LogP contribution in [0.3, 0.4) is 0 Å². The average molecular weight is 257 g/mol. The van der Waals surface area contributed by atoms with E-state index < -0.39 is 0 Å². The summed E-state index contributed by atoms with van der Waals surface area (Å²) in [7, 11) is 0. The smallest absolute Gasteiger partial charge is 0.142 e. The third-order valence-corrected chi connectivity index (χ3v) is 3.57. The van der Waals surface area contributed by atoms with Gasteiger partial charge in [0.1, 0.15) is 5.75 Å². The fraction of sp³-hybridized carbons (Fsp3) is 0.583. The van der Waals surface area contributed by atoms with Crippen LogP contribution in [0.5, 0.6) is 5.75 Å². The van der Waals surface area contributed by atoms with E-state index in [4.69, 9.17) is 5.11 Å². The van der Waals surface area contributed by atoms with Gasteiger partial charge in [-0.2, -0.15) is 11.8 Å². The van der Waals surface area contributed by atoms with Crippen molar-refractivity contribution >= 4 is 11.8 Å². The standard InChI is InChI=1S/C12H19NO3S/c1-8(15)3-4-17-7-10-5-13-9(2)12(16)11(10)6-14/h5,8,14-16H,3-4,6-7H2,1-2H3. The molecule has 1 aromatic rings. The molecular formula is C12H19NO3S. The minimum absolute atomic E-state index is 0.0844. The van der Waals surface area contributed by atoms with E-state index in [9.17, 15) is 10.2 Å². The molecule has 1 rings (SSSR count). The first-order valence-electron chi connectivity index (χ1n) is 5.59. The van der Waals surface area contributed by atoms with Crippen molar-refractivity contribution in [3.05, 3.63) is 23.0 Å². The number of aryl methyl sites for hydroxylation is 1. The lowest BCUT2D eigenvalue weighted by molar-refractivity contribution is 0.192. The van der Waals surface area contributed by atoms with Gasteiger partial charge in [0.15, 0.2) is 0 Å². The third-order valence-electron chi connectivity index (χ3n) is 2.53. The molecular weight excluding hydrogens is 238 g/mol. The molecule has 0 aliphatic carbocycles. The molecule has 96 valence electrons. The lowest BCUT2D eigenvalue weighted by Gasteiger charge is -2.10. The maximum absolute atomic E-state index is 9.75. The Hall–Kier alpha value is -0.780. The van der Waals surface area contributed by atoms with Gasteiger partial charge in [0, 0.05) is 17.5 Å². The Morgan fingerprint density at radius 2 is 2.18 bits per heavy atom. The average Bonchev–Trinajstić information content (AvgIpc) is 2.29. The Kier molecular flexibility index (Phi) is 5.74. The topological polar surface area (TPSA) is 73.6 Å². The molecule has 1 atom stereocenters. The number of aromatic hydroxyl groups is 1. The van der Waals surface area contributed by atoms with Crippen LogP contribution >= 0.6 is 11.8 Å². The van der Waals surface area contributed by atoms with E-state index >= 15 is 0 Å². The van der Waals surface area contributed by atoms with Gasteiger partial charge in [-0.25, -0.2) is 0 Å². The number of aliphatic hydroxyl groups is 2. The van der Waals surface area contributed by atoms with Crippen LogP contribution in [-0.2, 0) is 12.4 Å². The van der Waals surface area contributed by atoms with Crippen LogP contribution in [0.15, 0.2) is 6.20 Å². The normalized spacial score (nSPS) is 12.7. The molecule has 1 aromatic heterocycles. The lowest BCUT2D eigenvalue weighted by atomic mass is 10.1. The maximum atomic E-state index is 9.75. The molecule has 0 amide bonds. The van der Waals surface area contributed by atoms with Gasteiger partial charge in [-0.05, 0) is 31.6 Å². The number of nitrogens with zero attached hydrogens (tertiary/aromatic N) is 1. The van der Waals surface area contributed by atoms with Crippen molar-refractivity contribution in [1.29, 1.82) is 0 Å². The Bertz CT molecular complexity index is 369. The molecule has 0 aliphatic rings. The fourth-order valence-electron chi connectivity index (χ4n) is 1.42. The molecule has 0 saturated carbocycles. The number of pyridine rings is 1. The van der Waals surface area contributed by atoms with Crippen LogP contribution in [0.4, 0.5) is 0 Å². The molecule has 0 bridgehead atoms. The van der Waals surface area contributed by atoms with Crippen molar-refractivity contribution < 1.29 is 15.3 Å². The van der Waals surface area contributed by atoms with Crippen molar-refractivity contribution in [1.82, 2.24) is 4.98 Å². The summed E-state index contributed by atoms with van der Waals surface area (Å²) in [6, 6.07) is 0. The largest absolute Gasteiger partial charge is 0.506 e. The zero-order valence-electron chi connectivity index (χ0n) is 10.2. The second-order valence-electron chi connectivity index (χ2n) is 4.04. The second kappa shape index (κ2) is 6.83. The van der Waals surface area contributed by atoms with Crippen molar-refractivity contribution in [2.24, 2.45) is 0 Å². The summed E-state index contributed by atoms with van der Waals surface area (Å²) in [5, 5.41) is 28.1. The highest BCUT2D eigenvalue weighted by Gasteiger charge is 2.10. The van der Waals surface area contributed by atoms with Gasteiger partial charge in [-0.3, -0.25) is 4.98 Å². The van der Waals surface area contributed by atoms with Gasteiger partial charge in [-0.15, -0.1) is 0 Å². The predicted molar refractivity (Wildman–Crippen MR) is 69.0 cm³/mol. The van der Waals surface area contributed by atoms with E-state index in [1.54, 1.807) is 31.8 Å². The number of hydrogen-bond donors (Lipinski definition) is 3. The van der Waals surface area contributed by atoms with E-state index in [2.05, 4.69) is 4.98 Å². The molecule has 0 aliphatic heterocycles. The van der Waals surface area contributed by atoms with Crippen molar-refractivity contribution in [2.75, 3.05) is 5.75 Å². The number of aromatic nitrogens is 1. The molecule has 17 heavy (non-hydrogen) atoms. The van der Waals surface area contributed by atoms with E-state index in [1.807, 2.05) is 0 Å². The SMILES string of the molecule is Cc1ncc(CSCCC(C)O)c(CO)c1O. The van der Waals surface area contributed by atoms with Crippen molar-refractivity contribution in [3.63, 3.8) is 0 Å². The Morgan fingerprint density at radius 3 is 2.76 bits per heavy atom. The molecule has 4 nitrogen and oxygen atoms in total. The van der Waals surface area contributed by atoms with Gasteiger partial charge in [0.2, 0.25) is 0 Å². The monoisotopic (exact) mass is 257 g/mol. The molecule has 0 aromatic carbocycles. The minimum Gasteiger partial charge on any atom is -0.506 e. The Morgan fingerprint density at radius 1 is 1.47 bits per heavy atom. The van der Waals surface area contributed by atoms with Gasteiger partial charge in [0.05, 0.1) is 18.4 Å². The van der Waals surface area contributed by atoms with E-state index in [1.165, 1.54) is 0 Å². The summed E-state index contributed by atoms with van der Waals surface area (Å²) in [6.45, 7) is 3.29. The summed E-state index contributed by atoms with van der Waals surface area (Å²) >= 11 is 1.66. The highest BCUT2D eigenvalue weighted by atomic mass is 32.2. The van der Waals surface area contributed by atoms with Gasteiger partial charge < -0.3 is 15.3 Å². The number of thioether (sulfide) groups is 1. The Labute approximate surface area is 106 Å².